The van der Waals surface area contributed by atoms with Crippen LogP contribution in [0.2, 0.25) is 0 Å². The van der Waals surface area contributed by atoms with Crippen LogP contribution in [0.25, 0.3) is 0 Å². The zero-order chi connectivity index (χ0) is 12.1. The fraction of sp³-hybridized carbons (Fsp3) is 0.333. The van der Waals surface area contributed by atoms with Crippen LogP contribution in [0.4, 0.5) is 5.69 Å². The number of carbonyl (C=O) groups is 1. The molecule has 0 aromatic heterocycles. The van der Waals surface area contributed by atoms with Crippen LogP contribution in [-0.2, 0) is 14.3 Å². The lowest BCUT2D eigenvalue weighted by Gasteiger charge is -2.06. The third kappa shape index (κ3) is 3.49. The molecule has 1 saturated heterocycles. The molecule has 0 spiro atoms. The average Bonchev–Trinajstić information content (AvgIpc) is 2.77. The molecule has 0 radical (unpaired) electrons. The number of methoxy groups -OCH3 is 1. The summed E-state index contributed by atoms with van der Waals surface area (Å²) in [6.45, 7) is 0. The molecular formula is C12H13NO3S. The van der Waals surface area contributed by atoms with Crippen LogP contribution in [-0.4, -0.2) is 30.2 Å². The van der Waals surface area contributed by atoms with Gasteiger partial charge >= 0.3 is 5.97 Å². The largest absolute Gasteiger partial charge is 0.469 e. The van der Waals surface area contributed by atoms with Crippen molar-refractivity contribution < 1.29 is 14.3 Å². The van der Waals surface area contributed by atoms with Gasteiger partial charge in [0.2, 0.25) is 0 Å². The first-order chi connectivity index (χ1) is 8.28. The third-order valence-corrected chi connectivity index (χ3v) is 3.23. The summed E-state index contributed by atoms with van der Waals surface area (Å²) < 4.78 is 10.1. The number of ether oxygens (including phenoxy) is 2. The number of carbonyl (C=O) groups excluding carboxylic acids is 1. The van der Waals surface area contributed by atoms with Crippen molar-refractivity contribution in [3.8, 4) is 0 Å². The van der Waals surface area contributed by atoms with Crippen LogP contribution in [0, 0.1) is 0 Å². The molecule has 1 unspecified atom stereocenters. The smallest absolute Gasteiger partial charge is 0.309 e. The van der Waals surface area contributed by atoms with Gasteiger partial charge < -0.3 is 9.47 Å². The highest BCUT2D eigenvalue weighted by molar-refractivity contribution is 8.13. The molecule has 0 N–H and O–H groups in total. The zero-order valence-corrected chi connectivity index (χ0v) is 10.3. The van der Waals surface area contributed by atoms with E-state index < -0.39 is 0 Å². The highest BCUT2D eigenvalue weighted by Gasteiger charge is 2.25. The molecule has 0 aliphatic carbocycles. The summed E-state index contributed by atoms with van der Waals surface area (Å²) >= 11 is 1.52. The predicted molar refractivity (Wildman–Crippen MR) is 67.5 cm³/mol. The number of aliphatic imine (C=N–C) groups is 1. The molecule has 2 rings (SSSR count). The van der Waals surface area contributed by atoms with Crippen molar-refractivity contribution in [2.45, 2.75) is 12.5 Å². The van der Waals surface area contributed by atoms with E-state index in [-0.39, 0.29) is 18.5 Å². The molecule has 0 bridgehead atoms. The normalized spacial score (nSPS) is 21.2. The summed E-state index contributed by atoms with van der Waals surface area (Å²) in [6, 6.07) is 9.59. The summed E-state index contributed by atoms with van der Waals surface area (Å²) in [4.78, 5) is 15.4. The zero-order valence-electron chi connectivity index (χ0n) is 9.46. The maximum Gasteiger partial charge on any atom is 0.309 e. The van der Waals surface area contributed by atoms with E-state index in [0.29, 0.717) is 5.23 Å². The van der Waals surface area contributed by atoms with E-state index in [9.17, 15) is 4.79 Å². The molecule has 1 aromatic carbocycles. The van der Waals surface area contributed by atoms with Crippen molar-refractivity contribution in [1.82, 2.24) is 0 Å². The minimum atomic E-state index is -0.253. The Morgan fingerprint density at radius 1 is 1.53 bits per heavy atom. The molecule has 90 valence electrons. The van der Waals surface area contributed by atoms with Crippen molar-refractivity contribution in [2.24, 2.45) is 4.99 Å². The fourth-order valence-electron chi connectivity index (χ4n) is 1.41. The van der Waals surface area contributed by atoms with Crippen LogP contribution in [0.1, 0.15) is 6.42 Å². The first-order valence-corrected chi connectivity index (χ1v) is 6.26. The molecule has 1 aliphatic heterocycles. The van der Waals surface area contributed by atoms with Crippen molar-refractivity contribution in [3.05, 3.63) is 30.3 Å². The Balaban J connectivity index is 1.94. The molecule has 1 aliphatic rings. The Kier molecular flexibility index (Phi) is 4.03. The van der Waals surface area contributed by atoms with Gasteiger partial charge in [-0.05, 0) is 12.1 Å². The van der Waals surface area contributed by atoms with Gasteiger partial charge in [0.1, 0.15) is 6.10 Å². The van der Waals surface area contributed by atoms with E-state index in [4.69, 9.17) is 4.74 Å². The van der Waals surface area contributed by atoms with Gasteiger partial charge in [-0.3, -0.25) is 4.79 Å². The van der Waals surface area contributed by atoms with E-state index >= 15 is 0 Å². The molecule has 4 nitrogen and oxygen atoms in total. The van der Waals surface area contributed by atoms with Crippen LogP contribution in [0.3, 0.4) is 0 Å². The van der Waals surface area contributed by atoms with E-state index in [1.165, 1.54) is 18.9 Å². The molecule has 17 heavy (non-hydrogen) atoms. The molecule has 1 aromatic rings. The van der Waals surface area contributed by atoms with Gasteiger partial charge in [-0.15, -0.1) is 0 Å². The highest BCUT2D eigenvalue weighted by Crippen LogP contribution is 2.25. The van der Waals surface area contributed by atoms with Crippen molar-refractivity contribution in [1.29, 1.82) is 0 Å². The first kappa shape index (κ1) is 12.0. The summed E-state index contributed by atoms with van der Waals surface area (Å²) in [6.07, 6.45) is 0.145. The van der Waals surface area contributed by atoms with E-state index in [2.05, 4.69) is 9.73 Å². The van der Waals surface area contributed by atoms with Gasteiger partial charge in [0.05, 0.1) is 19.2 Å². The topological polar surface area (TPSA) is 47.9 Å². The van der Waals surface area contributed by atoms with Crippen molar-refractivity contribution in [3.63, 3.8) is 0 Å². The second-order valence-corrected chi connectivity index (χ2v) is 4.52. The Hall–Kier alpha value is -1.49. The molecule has 1 atom stereocenters. The Morgan fingerprint density at radius 3 is 3.00 bits per heavy atom. The van der Waals surface area contributed by atoms with Crippen LogP contribution < -0.4 is 0 Å². The maximum absolute atomic E-state index is 11.1. The van der Waals surface area contributed by atoms with Gasteiger partial charge in [0.15, 0.2) is 0 Å². The minimum absolute atomic E-state index is 0.130. The second-order valence-electron chi connectivity index (χ2n) is 3.54. The number of rotatable bonds is 3. The fourth-order valence-corrected chi connectivity index (χ4v) is 2.30. The van der Waals surface area contributed by atoms with E-state index in [1.54, 1.807) is 0 Å². The first-order valence-electron chi connectivity index (χ1n) is 5.28. The number of hydrogen-bond donors (Lipinski definition) is 0. The molecule has 5 heteroatoms. The van der Waals surface area contributed by atoms with Crippen molar-refractivity contribution in [2.75, 3.05) is 12.9 Å². The van der Waals surface area contributed by atoms with Gasteiger partial charge in [-0.2, -0.15) is 0 Å². The number of esters is 1. The average molecular weight is 251 g/mol. The van der Waals surface area contributed by atoms with Gasteiger partial charge in [0.25, 0.3) is 5.23 Å². The van der Waals surface area contributed by atoms with Crippen LogP contribution >= 0.6 is 11.8 Å². The van der Waals surface area contributed by atoms with Gasteiger partial charge in [-0.25, -0.2) is 4.99 Å². The van der Waals surface area contributed by atoms with E-state index in [0.717, 1.165) is 11.4 Å². The Labute approximate surface area is 104 Å². The van der Waals surface area contributed by atoms with Crippen LogP contribution in [0.15, 0.2) is 35.3 Å². The lowest BCUT2D eigenvalue weighted by atomic mass is 10.3. The minimum Gasteiger partial charge on any atom is -0.469 e. The molecule has 0 amide bonds. The van der Waals surface area contributed by atoms with Gasteiger partial charge in [-0.1, -0.05) is 30.0 Å². The highest BCUT2D eigenvalue weighted by atomic mass is 32.2. The SMILES string of the molecule is COC(=O)CC1CSC(=Nc2ccccc2)O1. The molecule has 0 saturated carbocycles. The summed E-state index contributed by atoms with van der Waals surface area (Å²) in [7, 11) is 1.38. The van der Waals surface area contributed by atoms with Gasteiger partial charge in [0, 0.05) is 5.75 Å². The summed E-state index contributed by atoms with van der Waals surface area (Å²) in [5, 5.41) is 0.616. The summed E-state index contributed by atoms with van der Waals surface area (Å²) in [5.74, 6) is 0.484. The molecular weight excluding hydrogens is 238 g/mol. The standard InChI is InChI=1S/C12H13NO3S/c1-15-11(14)7-10-8-17-12(16-10)13-9-5-3-2-4-6-9/h2-6,10H,7-8H2,1H3. The number of para-hydroxylation sites is 1. The number of benzene rings is 1. The number of thioether (sulfide) groups is 1. The molecule has 1 fully saturated rings. The second kappa shape index (κ2) is 5.72. The number of nitrogens with zero attached hydrogens (tertiary/aromatic N) is 1. The van der Waals surface area contributed by atoms with Crippen molar-refractivity contribution >= 4 is 28.6 Å². The third-order valence-electron chi connectivity index (χ3n) is 2.26. The summed E-state index contributed by atoms with van der Waals surface area (Å²) in [5.41, 5.74) is 0.855. The predicted octanol–water partition coefficient (Wildman–Crippen LogP) is 2.37. The van der Waals surface area contributed by atoms with E-state index in [1.807, 2.05) is 30.3 Å². The lowest BCUT2D eigenvalue weighted by molar-refractivity contribution is -0.142. The quantitative estimate of drug-likeness (QED) is 0.774. The Morgan fingerprint density at radius 2 is 2.29 bits per heavy atom. The maximum atomic E-state index is 11.1. The lowest BCUT2D eigenvalue weighted by Crippen LogP contribution is -2.16. The Bertz CT molecular complexity index is 419. The molecule has 1 heterocycles. The number of hydrogen-bond acceptors (Lipinski definition) is 5. The van der Waals surface area contributed by atoms with Crippen LogP contribution in [0.5, 0.6) is 0 Å². The monoisotopic (exact) mass is 251 g/mol.